The van der Waals surface area contributed by atoms with Crippen molar-refractivity contribution in [2.24, 2.45) is 0 Å². The maximum Gasteiger partial charge on any atom is 0.259 e. The molecule has 7 heteroatoms. The fourth-order valence-corrected chi connectivity index (χ4v) is 2.83. The van der Waals surface area contributed by atoms with E-state index in [0.717, 1.165) is 16.6 Å². The number of nitrogens with one attached hydrogen (secondary N) is 2. The topological polar surface area (TPSA) is 105 Å². The molecule has 2 N–H and O–H groups in total. The van der Waals surface area contributed by atoms with Crippen molar-refractivity contribution in [3.05, 3.63) is 80.3 Å². The van der Waals surface area contributed by atoms with Crippen molar-refractivity contribution in [1.82, 2.24) is 20.1 Å². The van der Waals surface area contributed by atoms with Gasteiger partial charge in [-0.1, -0.05) is 23.4 Å². The molecule has 0 bridgehead atoms. The molecule has 3 heterocycles. The Morgan fingerprint density at radius 1 is 1.00 bits per heavy atom. The first-order chi connectivity index (χ1) is 12.6. The van der Waals surface area contributed by atoms with E-state index in [1.54, 1.807) is 19.1 Å². The highest BCUT2D eigenvalue weighted by molar-refractivity contribution is 5.78. The lowest BCUT2D eigenvalue weighted by atomic mass is 10.1. The fraction of sp³-hybridized carbons (Fsp3) is 0.158. The van der Waals surface area contributed by atoms with Gasteiger partial charge in [-0.15, -0.1) is 0 Å². The van der Waals surface area contributed by atoms with Crippen LogP contribution in [0.2, 0.25) is 0 Å². The van der Waals surface area contributed by atoms with Crippen LogP contribution in [0.25, 0.3) is 22.3 Å². The number of H-pyrrole nitrogens is 2. The Bertz CT molecular complexity index is 1200. The molecule has 0 spiro atoms. The van der Waals surface area contributed by atoms with Crippen molar-refractivity contribution in [3.8, 4) is 11.4 Å². The Hall–Kier alpha value is -3.48. The van der Waals surface area contributed by atoms with Crippen LogP contribution in [0.1, 0.15) is 17.1 Å². The Morgan fingerprint density at radius 3 is 2.69 bits per heavy atom. The molecule has 0 radical (unpaired) electrons. The van der Waals surface area contributed by atoms with Gasteiger partial charge in [-0.05, 0) is 43.0 Å². The number of hydrogen-bond donors (Lipinski definition) is 2. The first-order valence-corrected chi connectivity index (χ1v) is 8.24. The van der Waals surface area contributed by atoms with Gasteiger partial charge in [0.2, 0.25) is 11.7 Å². The summed E-state index contributed by atoms with van der Waals surface area (Å²) in [6.45, 7) is 1.80. The van der Waals surface area contributed by atoms with Gasteiger partial charge in [0.05, 0.1) is 5.56 Å². The summed E-state index contributed by atoms with van der Waals surface area (Å²) in [5, 5.41) is 4.84. The highest BCUT2D eigenvalue weighted by Gasteiger charge is 2.13. The van der Waals surface area contributed by atoms with Gasteiger partial charge < -0.3 is 14.5 Å². The van der Waals surface area contributed by atoms with Crippen LogP contribution >= 0.6 is 0 Å². The van der Waals surface area contributed by atoms with E-state index in [0.29, 0.717) is 29.9 Å². The summed E-state index contributed by atoms with van der Waals surface area (Å²) in [4.78, 5) is 34.0. The second-order valence-corrected chi connectivity index (χ2v) is 6.11. The summed E-state index contributed by atoms with van der Waals surface area (Å²) in [6, 6.07) is 12.9. The number of para-hydroxylation sites is 1. The van der Waals surface area contributed by atoms with Crippen LogP contribution in [-0.2, 0) is 12.8 Å². The zero-order valence-corrected chi connectivity index (χ0v) is 14.1. The highest BCUT2D eigenvalue weighted by Crippen LogP contribution is 2.14. The number of hydrogen-bond acceptors (Lipinski definition) is 5. The van der Waals surface area contributed by atoms with Crippen LogP contribution < -0.4 is 11.1 Å². The molecule has 4 rings (SSSR count). The fourth-order valence-electron chi connectivity index (χ4n) is 2.83. The van der Waals surface area contributed by atoms with Crippen LogP contribution in [0.5, 0.6) is 0 Å². The molecule has 7 nitrogen and oxygen atoms in total. The monoisotopic (exact) mass is 348 g/mol. The van der Waals surface area contributed by atoms with Gasteiger partial charge >= 0.3 is 0 Å². The zero-order valence-electron chi connectivity index (χ0n) is 14.1. The molecule has 0 fully saturated rings. The van der Waals surface area contributed by atoms with Crippen molar-refractivity contribution in [1.29, 1.82) is 0 Å². The van der Waals surface area contributed by atoms with Crippen LogP contribution in [-0.4, -0.2) is 20.1 Å². The second kappa shape index (κ2) is 6.44. The smallest absolute Gasteiger partial charge is 0.259 e. The number of aryl methyl sites for hydroxylation is 3. The average molecular weight is 348 g/mol. The third kappa shape index (κ3) is 3.06. The van der Waals surface area contributed by atoms with Crippen molar-refractivity contribution >= 4 is 10.9 Å². The molecule has 0 unspecified atom stereocenters. The highest BCUT2D eigenvalue weighted by atomic mass is 16.5. The van der Waals surface area contributed by atoms with E-state index in [4.69, 9.17) is 4.52 Å². The van der Waals surface area contributed by atoms with Crippen molar-refractivity contribution in [3.63, 3.8) is 0 Å². The van der Waals surface area contributed by atoms with E-state index in [-0.39, 0.29) is 16.9 Å². The van der Waals surface area contributed by atoms with E-state index >= 15 is 0 Å². The summed E-state index contributed by atoms with van der Waals surface area (Å²) in [5.41, 5.74) is 2.19. The van der Waals surface area contributed by atoms with E-state index in [9.17, 15) is 9.59 Å². The first kappa shape index (κ1) is 16.0. The minimum absolute atomic E-state index is 0.126. The van der Waals surface area contributed by atoms with Gasteiger partial charge in [-0.2, -0.15) is 4.98 Å². The lowest BCUT2D eigenvalue weighted by molar-refractivity contribution is 0.378. The SMILES string of the molecule is Cc1ccc(-c2noc(CCc3cc4ccccc4[nH]c3=O)n2)c(=O)[nH]1. The molecule has 4 aromatic rings. The van der Waals surface area contributed by atoms with Gasteiger partial charge in [0.1, 0.15) is 0 Å². The average Bonchev–Trinajstić information content (AvgIpc) is 3.08. The van der Waals surface area contributed by atoms with E-state index in [2.05, 4.69) is 20.1 Å². The molecule has 130 valence electrons. The lowest BCUT2D eigenvalue weighted by Gasteiger charge is -2.01. The largest absolute Gasteiger partial charge is 0.339 e. The van der Waals surface area contributed by atoms with Crippen LogP contribution in [0.3, 0.4) is 0 Å². The number of rotatable bonds is 4. The number of pyridine rings is 2. The summed E-state index contributed by atoms with van der Waals surface area (Å²) in [7, 11) is 0. The van der Waals surface area contributed by atoms with Crippen LogP contribution in [0.15, 0.2) is 56.6 Å². The number of nitrogens with zero attached hydrogens (tertiary/aromatic N) is 2. The summed E-state index contributed by atoms with van der Waals surface area (Å²) in [6.07, 6.45) is 0.879. The molecule has 0 amide bonds. The Morgan fingerprint density at radius 2 is 1.85 bits per heavy atom. The summed E-state index contributed by atoms with van der Waals surface area (Å²) < 4.78 is 5.23. The number of fused-ring (bicyclic) bond motifs is 1. The molecule has 0 aliphatic heterocycles. The first-order valence-electron chi connectivity index (χ1n) is 8.24. The summed E-state index contributed by atoms with van der Waals surface area (Å²) in [5.74, 6) is 0.626. The maximum atomic E-state index is 12.2. The minimum atomic E-state index is -0.261. The molecular weight excluding hydrogens is 332 g/mol. The molecular formula is C19H16N4O3. The lowest BCUT2D eigenvalue weighted by Crippen LogP contribution is -2.13. The Labute approximate surface area is 147 Å². The third-order valence-electron chi connectivity index (χ3n) is 4.20. The summed E-state index contributed by atoms with van der Waals surface area (Å²) >= 11 is 0. The predicted molar refractivity (Wildman–Crippen MR) is 97.1 cm³/mol. The van der Waals surface area contributed by atoms with Gasteiger partial charge in [-0.3, -0.25) is 9.59 Å². The molecule has 0 aliphatic rings. The molecule has 3 aromatic heterocycles. The van der Waals surface area contributed by atoms with Crippen LogP contribution in [0.4, 0.5) is 0 Å². The normalized spacial score (nSPS) is 11.1. The van der Waals surface area contributed by atoms with Crippen LogP contribution in [0, 0.1) is 6.92 Å². The van der Waals surface area contributed by atoms with Gasteiger partial charge in [-0.25, -0.2) is 0 Å². The molecule has 0 saturated heterocycles. The predicted octanol–water partition coefficient (Wildman–Crippen LogP) is 2.36. The number of aromatic nitrogens is 4. The number of benzene rings is 1. The molecule has 1 aromatic carbocycles. The Balaban J connectivity index is 1.56. The maximum absolute atomic E-state index is 12.2. The quantitative estimate of drug-likeness (QED) is 0.589. The zero-order chi connectivity index (χ0) is 18.1. The van der Waals surface area contributed by atoms with Gasteiger partial charge in [0, 0.05) is 23.2 Å². The van der Waals surface area contributed by atoms with Crippen molar-refractivity contribution in [2.75, 3.05) is 0 Å². The minimum Gasteiger partial charge on any atom is -0.339 e. The van der Waals surface area contributed by atoms with Gasteiger partial charge in [0.15, 0.2) is 0 Å². The Kier molecular flexibility index (Phi) is 3.96. The van der Waals surface area contributed by atoms with E-state index in [1.807, 2.05) is 30.3 Å². The van der Waals surface area contributed by atoms with Crippen molar-refractivity contribution < 1.29 is 4.52 Å². The van der Waals surface area contributed by atoms with E-state index < -0.39 is 0 Å². The third-order valence-corrected chi connectivity index (χ3v) is 4.20. The molecule has 0 aliphatic carbocycles. The number of aromatic amines is 2. The van der Waals surface area contributed by atoms with Crippen molar-refractivity contribution in [2.45, 2.75) is 19.8 Å². The molecule has 26 heavy (non-hydrogen) atoms. The standard InChI is InChI=1S/C19H16N4O3/c1-11-6-8-14(19(25)20-11)17-22-16(26-23-17)9-7-13-10-12-4-2-3-5-15(12)21-18(13)24/h2-6,8,10H,7,9H2,1H3,(H,20,25)(H,21,24). The molecule has 0 atom stereocenters. The molecule has 0 saturated carbocycles. The second-order valence-electron chi connectivity index (χ2n) is 6.11. The van der Waals surface area contributed by atoms with Gasteiger partial charge in [0.25, 0.3) is 11.1 Å². The van der Waals surface area contributed by atoms with E-state index in [1.165, 1.54) is 0 Å².